The van der Waals surface area contributed by atoms with Gasteiger partial charge in [0.05, 0.1) is 5.75 Å². The maximum atomic E-state index is 11.8. The van der Waals surface area contributed by atoms with Crippen LogP contribution in [0.25, 0.3) is 0 Å². The average Bonchev–Trinajstić information content (AvgIpc) is 2.31. The Labute approximate surface area is 117 Å². The van der Waals surface area contributed by atoms with Gasteiger partial charge in [-0.25, -0.2) is 8.42 Å². The Morgan fingerprint density at radius 2 is 1.68 bits per heavy atom. The molecule has 19 heavy (non-hydrogen) atoms. The van der Waals surface area contributed by atoms with Crippen molar-refractivity contribution in [2.45, 2.75) is 63.5 Å². The summed E-state index contributed by atoms with van der Waals surface area (Å²) in [5, 5.41) is -1.05. The Balaban J connectivity index is 4.04. The second-order valence-electron chi connectivity index (χ2n) is 4.92. The summed E-state index contributed by atoms with van der Waals surface area (Å²) in [6.45, 7) is 5.56. The molecule has 112 valence electrons. The highest BCUT2D eigenvalue weighted by atomic mass is 32.2. The topological polar surface area (TPSA) is 77.2 Å². The number of hydrogen-bond donors (Lipinski definition) is 1. The highest BCUT2D eigenvalue weighted by molar-refractivity contribution is 7.92. The molecule has 0 aliphatic rings. The molecule has 1 atom stereocenters. The quantitative estimate of drug-likeness (QED) is 0.443. The molecule has 0 aliphatic carbocycles. The molecule has 0 aliphatic heterocycles. The number of amides is 1. The van der Waals surface area contributed by atoms with Crippen LogP contribution in [0.15, 0.2) is 12.7 Å². The van der Waals surface area contributed by atoms with Crippen molar-refractivity contribution in [1.82, 2.24) is 0 Å². The third-order valence-electron chi connectivity index (χ3n) is 3.17. The van der Waals surface area contributed by atoms with Gasteiger partial charge in [-0.15, -0.1) is 6.58 Å². The van der Waals surface area contributed by atoms with Gasteiger partial charge in [0.25, 0.3) is 0 Å². The second kappa shape index (κ2) is 10.0. The van der Waals surface area contributed by atoms with Crippen LogP contribution >= 0.6 is 0 Å². The summed E-state index contributed by atoms with van der Waals surface area (Å²) in [7, 11) is -3.47. The highest BCUT2D eigenvalue weighted by Crippen LogP contribution is 2.14. The van der Waals surface area contributed by atoms with E-state index in [4.69, 9.17) is 5.73 Å². The Morgan fingerprint density at radius 1 is 1.16 bits per heavy atom. The second-order valence-corrected chi connectivity index (χ2v) is 7.15. The van der Waals surface area contributed by atoms with Crippen molar-refractivity contribution in [2.75, 3.05) is 5.75 Å². The van der Waals surface area contributed by atoms with E-state index in [1.165, 1.54) is 31.8 Å². The highest BCUT2D eigenvalue weighted by Gasteiger charge is 2.28. The van der Waals surface area contributed by atoms with Crippen LogP contribution in [0.2, 0.25) is 0 Å². The summed E-state index contributed by atoms with van der Waals surface area (Å²) in [4.78, 5) is 11.2. The maximum absolute atomic E-state index is 11.8. The predicted octanol–water partition coefficient (Wildman–Crippen LogP) is 2.58. The number of hydrogen-bond acceptors (Lipinski definition) is 3. The minimum Gasteiger partial charge on any atom is -0.369 e. The minimum absolute atomic E-state index is 0.183. The van der Waals surface area contributed by atoms with Crippen LogP contribution in [0, 0.1) is 0 Å². The van der Waals surface area contributed by atoms with E-state index >= 15 is 0 Å². The van der Waals surface area contributed by atoms with Crippen molar-refractivity contribution in [2.24, 2.45) is 5.73 Å². The molecule has 4 nitrogen and oxygen atoms in total. The normalized spacial score (nSPS) is 13.1. The SMILES string of the molecule is C=CCS(=O)(=O)C(CCCCCCCCC)C(N)=O. The molecule has 0 bridgehead atoms. The Kier molecular flexibility index (Phi) is 9.57. The summed E-state index contributed by atoms with van der Waals surface area (Å²) in [6, 6.07) is 0. The summed E-state index contributed by atoms with van der Waals surface area (Å²) >= 11 is 0. The van der Waals surface area contributed by atoms with Crippen LogP contribution in [-0.2, 0) is 14.6 Å². The molecule has 0 aromatic rings. The van der Waals surface area contributed by atoms with Crippen LogP contribution in [0.1, 0.15) is 58.3 Å². The zero-order valence-electron chi connectivity index (χ0n) is 11.9. The molecule has 0 saturated carbocycles. The van der Waals surface area contributed by atoms with Gasteiger partial charge >= 0.3 is 0 Å². The molecule has 0 aromatic carbocycles. The lowest BCUT2D eigenvalue weighted by molar-refractivity contribution is -0.117. The third-order valence-corrected chi connectivity index (χ3v) is 5.21. The largest absolute Gasteiger partial charge is 0.369 e. The lowest BCUT2D eigenvalue weighted by atomic mass is 10.1. The van der Waals surface area contributed by atoms with Gasteiger partial charge in [-0.3, -0.25) is 4.79 Å². The first kappa shape index (κ1) is 18.2. The Morgan fingerprint density at radius 3 is 2.16 bits per heavy atom. The number of nitrogens with two attached hydrogens (primary N) is 1. The molecular formula is C14H27NO3S. The van der Waals surface area contributed by atoms with E-state index in [9.17, 15) is 13.2 Å². The van der Waals surface area contributed by atoms with Crippen molar-refractivity contribution >= 4 is 15.7 Å². The van der Waals surface area contributed by atoms with Crippen LogP contribution < -0.4 is 5.73 Å². The van der Waals surface area contributed by atoms with E-state index in [1.807, 2.05) is 0 Å². The van der Waals surface area contributed by atoms with Gasteiger partial charge in [0.15, 0.2) is 9.84 Å². The molecule has 2 N–H and O–H groups in total. The standard InChI is InChI=1S/C14H27NO3S/c1-3-5-6-7-8-9-10-11-13(14(15)16)19(17,18)12-4-2/h4,13H,2-3,5-12H2,1H3,(H2,15,16). The number of carbonyl (C=O) groups is 1. The van der Waals surface area contributed by atoms with E-state index < -0.39 is 21.0 Å². The molecule has 1 unspecified atom stereocenters. The number of rotatable bonds is 12. The van der Waals surface area contributed by atoms with Gasteiger partial charge in [0, 0.05) is 0 Å². The Hall–Kier alpha value is -0.840. The predicted molar refractivity (Wildman–Crippen MR) is 79.6 cm³/mol. The molecular weight excluding hydrogens is 262 g/mol. The number of primary amides is 1. The van der Waals surface area contributed by atoms with E-state index in [0.29, 0.717) is 6.42 Å². The summed E-state index contributed by atoms with van der Waals surface area (Å²) < 4.78 is 23.6. The van der Waals surface area contributed by atoms with E-state index in [2.05, 4.69) is 13.5 Å². The molecule has 0 radical (unpaired) electrons. The molecule has 0 spiro atoms. The first-order valence-corrected chi connectivity index (χ1v) is 8.79. The van der Waals surface area contributed by atoms with Gasteiger partial charge in [0.1, 0.15) is 5.25 Å². The molecule has 0 fully saturated rings. The fraction of sp³-hybridized carbons (Fsp3) is 0.786. The van der Waals surface area contributed by atoms with Crippen LogP contribution in [0.4, 0.5) is 0 Å². The van der Waals surface area contributed by atoms with Crippen LogP contribution in [-0.4, -0.2) is 25.3 Å². The van der Waals surface area contributed by atoms with Gasteiger partial charge in [-0.1, -0.05) is 57.9 Å². The van der Waals surface area contributed by atoms with E-state index in [-0.39, 0.29) is 5.75 Å². The van der Waals surface area contributed by atoms with Crippen molar-refractivity contribution in [1.29, 1.82) is 0 Å². The lowest BCUT2D eigenvalue weighted by Crippen LogP contribution is -2.37. The average molecular weight is 289 g/mol. The van der Waals surface area contributed by atoms with Gasteiger partial charge < -0.3 is 5.73 Å². The van der Waals surface area contributed by atoms with Crippen molar-refractivity contribution in [3.63, 3.8) is 0 Å². The third kappa shape index (κ3) is 8.03. The minimum atomic E-state index is -3.47. The fourth-order valence-electron chi connectivity index (χ4n) is 2.07. The zero-order valence-corrected chi connectivity index (χ0v) is 12.8. The van der Waals surface area contributed by atoms with Gasteiger partial charge in [0.2, 0.25) is 5.91 Å². The van der Waals surface area contributed by atoms with Gasteiger partial charge in [-0.05, 0) is 6.42 Å². The summed E-state index contributed by atoms with van der Waals surface area (Å²) in [5.74, 6) is -0.926. The molecule has 5 heteroatoms. The molecule has 0 rings (SSSR count). The van der Waals surface area contributed by atoms with Crippen molar-refractivity contribution in [3.05, 3.63) is 12.7 Å². The summed E-state index contributed by atoms with van der Waals surface area (Å²) in [5.41, 5.74) is 5.18. The number of carbonyl (C=O) groups excluding carboxylic acids is 1. The molecule has 0 aromatic heterocycles. The van der Waals surface area contributed by atoms with Crippen LogP contribution in [0.3, 0.4) is 0 Å². The van der Waals surface area contributed by atoms with Crippen LogP contribution in [0.5, 0.6) is 0 Å². The molecule has 0 heterocycles. The molecule has 1 amide bonds. The molecule has 0 saturated heterocycles. The fourth-order valence-corrected chi connectivity index (χ4v) is 3.51. The van der Waals surface area contributed by atoms with E-state index in [1.54, 1.807) is 0 Å². The van der Waals surface area contributed by atoms with Crippen molar-refractivity contribution < 1.29 is 13.2 Å². The smallest absolute Gasteiger partial charge is 0.235 e. The first-order valence-electron chi connectivity index (χ1n) is 7.07. The number of sulfone groups is 1. The maximum Gasteiger partial charge on any atom is 0.235 e. The van der Waals surface area contributed by atoms with Gasteiger partial charge in [-0.2, -0.15) is 0 Å². The Bertz CT molecular complexity index is 363. The van der Waals surface area contributed by atoms with E-state index in [0.717, 1.165) is 19.3 Å². The number of unbranched alkanes of at least 4 members (excludes halogenated alkanes) is 6. The zero-order chi connectivity index (χ0) is 14.7. The monoisotopic (exact) mass is 289 g/mol. The lowest BCUT2D eigenvalue weighted by Gasteiger charge is -2.13. The summed E-state index contributed by atoms with van der Waals surface area (Å²) in [6.07, 6.45) is 9.27. The van der Waals surface area contributed by atoms with Crippen molar-refractivity contribution in [3.8, 4) is 0 Å². The first-order chi connectivity index (χ1) is 8.95.